The summed E-state index contributed by atoms with van der Waals surface area (Å²) < 4.78 is 6.05. The minimum absolute atomic E-state index is 0.175. The number of anilines is 1. The molecule has 1 aliphatic rings. The number of halogens is 1. The number of amides is 1. The zero-order valence-corrected chi connectivity index (χ0v) is 17.7. The van der Waals surface area contributed by atoms with Gasteiger partial charge in [0.15, 0.2) is 0 Å². The molecular formula is C24H21ClN4O2. The van der Waals surface area contributed by atoms with Crippen LogP contribution in [-0.2, 0) is 6.54 Å². The first-order valence-corrected chi connectivity index (χ1v) is 10.2. The Labute approximate surface area is 185 Å². The van der Waals surface area contributed by atoms with E-state index < -0.39 is 0 Å². The van der Waals surface area contributed by atoms with Crippen molar-refractivity contribution in [3.63, 3.8) is 0 Å². The van der Waals surface area contributed by atoms with Crippen molar-refractivity contribution in [3.05, 3.63) is 94.7 Å². The van der Waals surface area contributed by atoms with Gasteiger partial charge < -0.3 is 15.4 Å². The van der Waals surface area contributed by atoms with Gasteiger partial charge in [-0.1, -0.05) is 35.9 Å². The summed E-state index contributed by atoms with van der Waals surface area (Å²) in [6.07, 6.45) is 5.54. The predicted octanol–water partition coefficient (Wildman–Crippen LogP) is 5.15. The summed E-state index contributed by atoms with van der Waals surface area (Å²) in [4.78, 5) is 21.3. The van der Waals surface area contributed by atoms with Crippen molar-refractivity contribution in [3.8, 4) is 11.5 Å². The molecule has 6 nitrogen and oxygen atoms in total. The molecule has 7 heteroatoms. The first-order valence-electron chi connectivity index (χ1n) is 9.83. The Kier molecular flexibility index (Phi) is 6.29. The number of pyridine rings is 1. The molecule has 0 saturated heterocycles. The molecule has 0 unspecified atom stereocenters. The number of carbonyl (C=O) groups excluding carboxylic acids is 1. The number of aromatic nitrogens is 1. The number of nitrogens with one attached hydrogen (secondary N) is 2. The maximum atomic E-state index is 12.7. The monoisotopic (exact) mass is 432 g/mol. The van der Waals surface area contributed by atoms with Crippen molar-refractivity contribution in [2.75, 3.05) is 11.9 Å². The molecule has 0 radical (unpaired) electrons. The summed E-state index contributed by atoms with van der Waals surface area (Å²) in [7, 11) is 0. The molecule has 3 aromatic rings. The fourth-order valence-corrected chi connectivity index (χ4v) is 3.36. The number of hydrogen-bond acceptors (Lipinski definition) is 5. The predicted molar refractivity (Wildman–Crippen MR) is 123 cm³/mol. The molecule has 1 aromatic heterocycles. The Bertz CT molecular complexity index is 1170. The Morgan fingerprint density at radius 1 is 1.16 bits per heavy atom. The molecule has 1 aliphatic heterocycles. The van der Waals surface area contributed by atoms with Crippen molar-refractivity contribution in [1.29, 1.82) is 0 Å². The Morgan fingerprint density at radius 2 is 2.03 bits per heavy atom. The smallest absolute Gasteiger partial charge is 0.251 e. The molecule has 156 valence electrons. The number of benzene rings is 2. The van der Waals surface area contributed by atoms with E-state index in [0.29, 0.717) is 41.0 Å². The molecule has 0 aliphatic carbocycles. The van der Waals surface area contributed by atoms with Crippen LogP contribution in [0.4, 0.5) is 5.82 Å². The van der Waals surface area contributed by atoms with Crippen molar-refractivity contribution in [1.82, 2.24) is 10.3 Å². The molecule has 0 spiro atoms. The molecule has 1 amide bonds. The van der Waals surface area contributed by atoms with Gasteiger partial charge in [0.1, 0.15) is 23.2 Å². The average Bonchev–Trinajstić information content (AvgIpc) is 3.27. The largest absolute Gasteiger partial charge is 0.457 e. The third-order valence-electron chi connectivity index (χ3n) is 4.73. The van der Waals surface area contributed by atoms with Gasteiger partial charge in [-0.15, -0.1) is 0 Å². The van der Waals surface area contributed by atoms with Crippen LogP contribution < -0.4 is 15.4 Å². The summed E-state index contributed by atoms with van der Waals surface area (Å²) in [6, 6.07) is 16.4. The Morgan fingerprint density at radius 3 is 2.84 bits per heavy atom. The number of rotatable bonds is 6. The molecule has 0 fully saturated rings. The Balaban J connectivity index is 1.46. The van der Waals surface area contributed by atoms with E-state index >= 15 is 0 Å². The number of carbonyl (C=O) groups is 1. The van der Waals surface area contributed by atoms with E-state index in [1.807, 2.05) is 43.3 Å². The number of ether oxygens (including phenoxy) is 1. The highest BCUT2D eigenvalue weighted by Gasteiger charge is 2.13. The van der Waals surface area contributed by atoms with Crippen LogP contribution in [0.25, 0.3) is 0 Å². The highest BCUT2D eigenvalue weighted by molar-refractivity contribution is 6.30. The van der Waals surface area contributed by atoms with Crippen molar-refractivity contribution in [2.24, 2.45) is 4.99 Å². The van der Waals surface area contributed by atoms with Crippen LogP contribution in [0.5, 0.6) is 11.5 Å². The molecule has 0 bridgehead atoms. The molecular weight excluding hydrogens is 412 g/mol. The summed E-state index contributed by atoms with van der Waals surface area (Å²) in [5, 5.41) is 6.72. The van der Waals surface area contributed by atoms with Gasteiger partial charge in [-0.3, -0.25) is 9.79 Å². The van der Waals surface area contributed by atoms with Crippen LogP contribution in [0.3, 0.4) is 0 Å². The van der Waals surface area contributed by atoms with E-state index in [0.717, 1.165) is 17.0 Å². The third kappa shape index (κ3) is 5.29. The van der Waals surface area contributed by atoms with Crippen molar-refractivity contribution < 1.29 is 9.53 Å². The van der Waals surface area contributed by atoms with Gasteiger partial charge in [-0.25, -0.2) is 4.98 Å². The quantitative estimate of drug-likeness (QED) is 0.565. The van der Waals surface area contributed by atoms with E-state index in [1.165, 1.54) is 0 Å². The lowest BCUT2D eigenvalue weighted by molar-refractivity contribution is 0.0950. The molecule has 31 heavy (non-hydrogen) atoms. The highest BCUT2D eigenvalue weighted by atomic mass is 35.5. The van der Waals surface area contributed by atoms with Gasteiger partial charge in [0.05, 0.1) is 6.54 Å². The summed E-state index contributed by atoms with van der Waals surface area (Å²) >= 11 is 6.01. The SMILES string of the molecule is Cc1c(Oc2ccnc(NC3=NCC=C3)c2)cccc1C(=O)NCc1cccc(Cl)c1. The summed E-state index contributed by atoms with van der Waals surface area (Å²) in [6.45, 7) is 2.92. The normalized spacial score (nSPS) is 12.4. The topological polar surface area (TPSA) is 75.6 Å². The third-order valence-corrected chi connectivity index (χ3v) is 4.96. The van der Waals surface area contributed by atoms with E-state index in [9.17, 15) is 4.79 Å². The number of nitrogens with zero attached hydrogens (tertiary/aromatic N) is 2. The number of amidine groups is 1. The van der Waals surface area contributed by atoms with Crippen LogP contribution in [-0.4, -0.2) is 23.3 Å². The fraction of sp³-hybridized carbons (Fsp3) is 0.125. The maximum absolute atomic E-state index is 12.7. The van der Waals surface area contributed by atoms with Crippen LogP contribution >= 0.6 is 11.6 Å². The van der Waals surface area contributed by atoms with E-state index in [1.54, 1.807) is 36.5 Å². The van der Waals surface area contributed by atoms with Crippen molar-refractivity contribution >= 4 is 29.2 Å². The van der Waals surface area contributed by atoms with Crippen LogP contribution in [0.2, 0.25) is 5.02 Å². The van der Waals surface area contributed by atoms with E-state index in [-0.39, 0.29) is 5.91 Å². The molecule has 2 heterocycles. The van der Waals surface area contributed by atoms with Gasteiger partial charge in [-0.2, -0.15) is 0 Å². The lowest BCUT2D eigenvalue weighted by Gasteiger charge is -2.13. The van der Waals surface area contributed by atoms with Crippen LogP contribution in [0.15, 0.2) is 77.9 Å². The standard InChI is InChI=1S/C24H21ClN4O2/c1-16-20(24(30)28-15-17-5-2-6-18(25)13-17)7-3-8-21(16)31-19-10-12-27-23(14-19)29-22-9-4-11-26-22/h2-10,12-14H,11,15H2,1H3,(H,28,30)(H,26,27,29). The maximum Gasteiger partial charge on any atom is 0.251 e. The lowest BCUT2D eigenvalue weighted by Crippen LogP contribution is -2.23. The summed E-state index contributed by atoms with van der Waals surface area (Å²) in [5.74, 6) is 2.44. The molecule has 4 rings (SSSR count). The second kappa shape index (κ2) is 9.45. The highest BCUT2D eigenvalue weighted by Crippen LogP contribution is 2.28. The minimum Gasteiger partial charge on any atom is -0.457 e. The van der Waals surface area contributed by atoms with Gasteiger partial charge in [0, 0.05) is 35.0 Å². The van der Waals surface area contributed by atoms with Gasteiger partial charge in [0.2, 0.25) is 0 Å². The fourth-order valence-electron chi connectivity index (χ4n) is 3.15. The van der Waals surface area contributed by atoms with Gasteiger partial charge >= 0.3 is 0 Å². The van der Waals surface area contributed by atoms with E-state index in [2.05, 4.69) is 20.6 Å². The molecule has 2 N–H and O–H groups in total. The first-order chi connectivity index (χ1) is 15.1. The van der Waals surface area contributed by atoms with Crippen LogP contribution in [0.1, 0.15) is 21.5 Å². The zero-order valence-electron chi connectivity index (χ0n) is 16.9. The zero-order chi connectivity index (χ0) is 21.6. The number of aliphatic imine (C=N–C) groups is 1. The number of hydrogen-bond donors (Lipinski definition) is 2. The average molecular weight is 433 g/mol. The Hall–Kier alpha value is -3.64. The lowest BCUT2D eigenvalue weighted by atomic mass is 10.1. The first kappa shape index (κ1) is 20.6. The van der Waals surface area contributed by atoms with E-state index in [4.69, 9.17) is 16.3 Å². The molecule has 0 saturated carbocycles. The second-order valence-corrected chi connectivity index (χ2v) is 7.41. The van der Waals surface area contributed by atoms with Gasteiger partial charge in [-0.05, 0) is 48.9 Å². The summed E-state index contributed by atoms with van der Waals surface area (Å²) in [5.41, 5.74) is 2.24. The van der Waals surface area contributed by atoms with Crippen molar-refractivity contribution in [2.45, 2.75) is 13.5 Å². The van der Waals surface area contributed by atoms with Gasteiger partial charge in [0.25, 0.3) is 5.91 Å². The van der Waals surface area contributed by atoms with Crippen LogP contribution in [0, 0.1) is 6.92 Å². The molecule has 2 aromatic carbocycles. The minimum atomic E-state index is -0.175. The molecule has 0 atom stereocenters. The second-order valence-electron chi connectivity index (χ2n) is 6.97.